The van der Waals surface area contributed by atoms with Crippen molar-refractivity contribution in [2.75, 3.05) is 0 Å². The van der Waals surface area contributed by atoms with Crippen molar-refractivity contribution < 1.29 is 19.4 Å². The highest BCUT2D eigenvalue weighted by Crippen LogP contribution is 2.19. The van der Waals surface area contributed by atoms with E-state index in [0.29, 0.717) is 17.1 Å². The highest BCUT2D eigenvalue weighted by Gasteiger charge is 2.06. The van der Waals surface area contributed by atoms with Gasteiger partial charge in [-0.25, -0.2) is 14.8 Å². The van der Waals surface area contributed by atoms with Crippen LogP contribution in [0.5, 0.6) is 5.75 Å². The van der Waals surface area contributed by atoms with Crippen LogP contribution in [0.1, 0.15) is 17.3 Å². The van der Waals surface area contributed by atoms with Crippen molar-refractivity contribution in [3.8, 4) is 17.1 Å². The second-order valence-electron chi connectivity index (χ2n) is 3.72. The van der Waals surface area contributed by atoms with Gasteiger partial charge in [0.05, 0.1) is 5.56 Å². The number of nitrogens with zero attached hydrogens (tertiary/aromatic N) is 2. The van der Waals surface area contributed by atoms with E-state index in [9.17, 15) is 9.59 Å². The Balaban J connectivity index is 2.22. The van der Waals surface area contributed by atoms with Crippen LogP contribution in [0, 0.1) is 0 Å². The first-order valence-corrected chi connectivity index (χ1v) is 5.40. The van der Waals surface area contributed by atoms with E-state index in [4.69, 9.17) is 9.84 Å². The lowest BCUT2D eigenvalue weighted by Gasteiger charge is -2.03. The van der Waals surface area contributed by atoms with Crippen LogP contribution < -0.4 is 4.74 Å². The molecule has 0 atom stereocenters. The first-order valence-electron chi connectivity index (χ1n) is 5.40. The number of carbonyl (C=O) groups excluding carboxylic acids is 1. The number of carboxylic acid groups (broad SMARTS) is 1. The van der Waals surface area contributed by atoms with Crippen LogP contribution in [0.2, 0.25) is 0 Å². The molecule has 0 bridgehead atoms. The average Bonchev–Trinajstić information content (AvgIpc) is 2.39. The Bertz CT molecular complexity index is 606. The Kier molecular flexibility index (Phi) is 3.51. The van der Waals surface area contributed by atoms with E-state index >= 15 is 0 Å². The summed E-state index contributed by atoms with van der Waals surface area (Å²) in [5.74, 6) is -0.635. The number of carbonyl (C=O) groups is 2. The molecular weight excluding hydrogens is 248 g/mol. The maximum absolute atomic E-state index is 10.8. The van der Waals surface area contributed by atoms with E-state index in [1.54, 1.807) is 24.3 Å². The molecule has 6 heteroatoms. The summed E-state index contributed by atoms with van der Waals surface area (Å²) in [6.45, 7) is 1.32. The molecule has 0 spiro atoms. The molecule has 0 saturated heterocycles. The molecule has 1 heterocycles. The summed E-state index contributed by atoms with van der Waals surface area (Å²) in [5, 5.41) is 8.74. The highest BCUT2D eigenvalue weighted by atomic mass is 16.5. The minimum Gasteiger partial charge on any atom is -0.478 e. The van der Waals surface area contributed by atoms with Gasteiger partial charge in [0.25, 0.3) is 0 Å². The van der Waals surface area contributed by atoms with Crippen molar-refractivity contribution in [3.05, 3.63) is 42.2 Å². The highest BCUT2D eigenvalue weighted by molar-refractivity contribution is 5.86. The molecule has 1 aromatic carbocycles. The maximum atomic E-state index is 10.8. The standard InChI is InChI=1S/C13H10N2O4/c1-8(16)19-11-4-2-9(3-5-11)12-14-6-10(7-15-12)13(17)18/h2-7H,1H3,(H,17,18). The summed E-state index contributed by atoms with van der Waals surface area (Å²) in [6.07, 6.45) is 2.48. The zero-order valence-electron chi connectivity index (χ0n) is 10.0. The molecule has 0 amide bonds. The van der Waals surface area contributed by atoms with Crippen molar-refractivity contribution in [2.24, 2.45) is 0 Å². The molecule has 0 aliphatic rings. The average molecular weight is 258 g/mol. The van der Waals surface area contributed by atoms with E-state index in [0.717, 1.165) is 0 Å². The van der Waals surface area contributed by atoms with Gasteiger partial charge < -0.3 is 9.84 Å². The van der Waals surface area contributed by atoms with Crippen molar-refractivity contribution in [3.63, 3.8) is 0 Å². The van der Waals surface area contributed by atoms with Crippen molar-refractivity contribution in [1.29, 1.82) is 0 Å². The van der Waals surface area contributed by atoms with E-state index in [1.165, 1.54) is 19.3 Å². The quantitative estimate of drug-likeness (QED) is 0.666. The second kappa shape index (κ2) is 5.26. The SMILES string of the molecule is CC(=O)Oc1ccc(-c2ncc(C(=O)O)cn2)cc1. The fourth-order valence-electron chi connectivity index (χ4n) is 1.43. The van der Waals surface area contributed by atoms with E-state index in [1.807, 2.05) is 0 Å². The molecule has 0 unspecified atom stereocenters. The molecule has 0 saturated carbocycles. The molecular formula is C13H10N2O4. The fourth-order valence-corrected chi connectivity index (χ4v) is 1.43. The Morgan fingerprint density at radius 1 is 1.11 bits per heavy atom. The Morgan fingerprint density at radius 3 is 2.16 bits per heavy atom. The first-order chi connectivity index (χ1) is 9.06. The number of benzene rings is 1. The molecule has 2 rings (SSSR count). The summed E-state index contributed by atoms with van der Waals surface area (Å²) < 4.78 is 4.90. The lowest BCUT2D eigenvalue weighted by atomic mass is 10.2. The lowest BCUT2D eigenvalue weighted by Crippen LogP contribution is -2.01. The van der Waals surface area contributed by atoms with Gasteiger partial charge in [-0.2, -0.15) is 0 Å². The van der Waals surface area contributed by atoms with Gasteiger partial charge in [0.1, 0.15) is 5.75 Å². The van der Waals surface area contributed by atoms with Gasteiger partial charge in [-0.15, -0.1) is 0 Å². The summed E-state index contributed by atoms with van der Waals surface area (Å²) in [6, 6.07) is 6.61. The third kappa shape index (κ3) is 3.12. The first kappa shape index (κ1) is 12.7. The van der Waals surface area contributed by atoms with E-state index < -0.39 is 11.9 Å². The number of esters is 1. The van der Waals surface area contributed by atoms with Crippen LogP contribution in [0.4, 0.5) is 0 Å². The zero-order chi connectivity index (χ0) is 13.8. The third-order valence-corrected chi connectivity index (χ3v) is 2.27. The van der Waals surface area contributed by atoms with Crippen LogP contribution in [-0.4, -0.2) is 27.0 Å². The van der Waals surface area contributed by atoms with Gasteiger partial charge in [-0.3, -0.25) is 4.79 Å². The van der Waals surface area contributed by atoms with E-state index in [-0.39, 0.29) is 5.56 Å². The van der Waals surface area contributed by atoms with Crippen LogP contribution in [0.15, 0.2) is 36.7 Å². The number of aromatic nitrogens is 2. The Morgan fingerprint density at radius 2 is 1.68 bits per heavy atom. The molecule has 6 nitrogen and oxygen atoms in total. The van der Waals surface area contributed by atoms with Crippen molar-refractivity contribution in [2.45, 2.75) is 6.92 Å². The van der Waals surface area contributed by atoms with Crippen LogP contribution in [-0.2, 0) is 4.79 Å². The molecule has 0 fully saturated rings. The van der Waals surface area contributed by atoms with Gasteiger partial charge in [0.2, 0.25) is 0 Å². The normalized spacial score (nSPS) is 9.95. The third-order valence-electron chi connectivity index (χ3n) is 2.27. The minimum absolute atomic E-state index is 0.0280. The van der Waals surface area contributed by atoms with E-state index in [2.05, 4.69) is 9.97 Å². The monoisotopic (exact) mass is 258 g/mol. The predicted octanol–water partition coefficient (Wildman–Crippen LogP) is 1.77. The van der Waals surface area contributed by atoms with Gasteiger partial charge in [-0.1, -0.05) is 0 Å². The van der Waals surface area contributed by atoms with Gasteiger partial charge in [0, 0.05) is 24.9 Å². The molecule has 1 N–H and O–H groups in total. The van der Waals surface area contributed by atoms with Gasteiger partial charge >= 0.3 is 11.9 Å². The molecule has 2 aromatic rings. The second-order valence-corrected chi connectivity index (χ2v) is 3.72. The van der Waals surface area contributed by atoms with Crippen molar-refractivity contribution >= 4 is 11.9 Å². The maximum Gasteiger partial charge on any atom is 0.338 e. The van der Waals surface area contributed by atoms with Crippen molar-refractivity contribution in [1.82, 2.24) is 9.97 Å². The minimum atomic E-state index is -1.07. The number of carboxylic acids is 1. The molecule has 1 aromatic heterocycles. The summed E-state index contributed by atoms with van der Waals surface area (Å²) in [5.41, 5.74) is 0.730. The molecule has 96 valence electrons. The van der Waals surface area contributed by atoms with Crippen LogP contribution >= 0.6 is 0 Å². The number of hydrogen-bond donors (Lipinski definition) is 1. The number of rotatable bonds is 3. The number of aromatic carboxylic acids is 1. The predicted molar refractivity (Wildman–Crippen MR) is 65.7 cm³/mol. The number of hydrogen-bond acceptors (Lipinski definition) is 5. The molecule has 0 aliphatic heterocycles. The number of ether oxygens (including phenoxy) is 1. The smallest absolute Gasteiger partial charge is 0.338 e. The summed E-state index contributed by atoms with van der Waals surface area (Å²) >= 11 is 0. The van der Waals surface area contributed by atoms with Crippen LogP contribution in [0.25, 0.3) is 11.4 Å². The summed E-state index contributed by atoms with van der Waals surface area (Å²) in [4.78, 5) is 29.4. The summed E-state index contributed by atoms with van der Waals surface area (Å²) in [7, 11) is 0. The Hall–Kier alpha value is -2.76. The van der Waals surface area contributed by atoms with Gasteiger partial charge in [0.15, 0.2) is 5.82 Å². The fraction of sp³-hybridized carbons (Fsp3) is 0.0769. The molecule has 19 heavy (non-hydrogen) atoms. The Labute approximate surface area is 108 Å². The lowest BCUT2D eigenvalue weighted by molar-refractivity contribution is -0.131. The topological polar surface area (TPSA) is 89.4 Å². The molecule has 0 radical (unpaired) electrons. The van der Waals surface area contributed by atoms with Crippen LogP contribution in [0.3, 0.4) is 0 Å². The zero-order valence-corrected chi connectivity index (χ0v) is 10.0. The molecule has 0 aliphatic carbocycles. The van der Waals surface area contributed by atoms with Gasteiger partial charge in [-0.05, 0) is 24.3 Å². The largest absolute Gasteiger partial charge is 0.478 e.